The maximum Gasteiger partial charge on any atom is 0.0572 e. The van der Waals surface area contributed by atoms with E-state index >= 15 is 0 Å². The molecule has 1 heterocycles. The molecule has 126 valence electrons. The Kier molecular flexibility index (Phi) is 6.01. The molecule has 0 amide bonds. The van der Waals surface area contributed by atoms with Crippen LogP contribution in [-0.2, 0) is 6.54 Å². The van der Waals surface area contributed by atoms with Gasteiger partial charge in [-0.05, 0) is 29.8 Å². The second-order valence-corrected chi connectivity index (χ2v) is 6.99. The molecular weight excluding hydrogens is 365 g/mol. The van der Waals surface area contributed by atoms with Crippen molar-refractivity contribution in [2.24, 2.45) is 5.10 Å². The molecule has 2 aromatic carbocycles. The third kappa shape index (κ3) is 4.64. The van der Waals surface area contributed by atoms with E-state index in [1.165, 1.54) is 5.56 Å². The zero-order valence-electron chi connectivity index (χ0n) is 13.1. The van der Waals surface area contributed by atoms with Crippen LogP contribution < -0.4 is 0 Å². The lowest BCUT2D eigenvalue weighted by Gasteiger charge is -2.33. The lowest BCUT2D eigenvalue weighted by atomic mass is 10.2. The van der Waals surface area contributed by atoms with Gasteiger partial charge in [0.2, 0.25) is 0 Å². The van der Waals surface area contributed by atoms with Crippen LogP contribution >= 0.6 is 34.8 Å². The number of hydrogen-bond donors (Lipinski definition) is 0. The van der Waals surface area contributed by atoms with E-state index in [1.807, 2.05) is 30.3 Å². The number of hydrazone groups is 1. The van der Waals surface area contributed by atoms with Crippen LogP contribution in [0.5, 0.6) is 0 Å². The van der Waals surface area contributed by atoms with Gasteiger partial charge in [0, 0.05) is 43.3 Å². The van der Waals surface area contributed by atoms with E-state index in [0.29, 0.717) is 10.0 Å². The fourth-order valence-electron chi connectivity index (χ4n) is 2.63. The summed E-state index contributed by atoms with van der Waals surface area (Å²) in [5.41, 5.74) is 2.05. The van der Waals surface area contributed by atoms with Crippen LogP contribution in [0, 0.1) is 0 Å². The predicted molar refractivity (Wildman–Crippen MR) is 102 cm³/mol. The summed E-state index contributed by atoms with van der Waals surface area (Å²) >= 11 is 18.2. The molecule has 0 N–H and O–H groups in total. The number of benzene rings is 2. The van der Waals surface area contributed by atoms with Gasteiger partial charge in [-0.25, -0.2) is 0 Å². The van der Waals surface area contributed by atoms with Gasteiger partial charge in [0.05, 0.1) is 16.3 Å². The number of nitrogens with zero attached hydrogens (tertiary/aromatic N) is 3. The van der Waals surface area contributed by atoms with Crippen molar-refractivity contribution < 1.29 is 0 Å². The maximum absolute atomic E-state index is 6.16. The second-order valence-electron chi connectivity index (χ2n) is 5.74. The fourth-order valence-corrected chi connectivity index (χ4v) is 3.25. The van der Waals surface area contributed by atoms with Crippen LogP contribution in [0.2, 0.25) is 15.1 Å². The number of hydrogen-bond acceptors (Lipinski definition) is 3. The molecular formula is C18H18Cl3N3. The van der Waals surface area contributed by atoms with Gasteiger partial charge < -0.3 is 0 Å². The highest BCUT2D eigenvalue weighted by Crippen LogP contribution is 2.22. The average molecular weight is 383 g/mol. The molecule has 3 nitrogen and oxygen atoms in total. The minimum absolute atomic E-state index is 0.618. The topological polar surface area (TPSA) is 18.8 Å². The first-order valence-electron chi connectivity index (χ1n) is 7.81. The van der Waals surface area contributed by atoms with E-state index in [9.17, 15) is 0 Å². The summed E-state index contributed by atoms with van der Waals surface area (Å²) < 4.78 is 0. The molecule has 0 saturated carbocycles. The Hall–Kier alpha value is -1.26. The summed E-state index contributed by atoms with van der Waals surface area (Å²) in [6, 6.07) is 13.5. The molecule has 0 radical (unpaired) electrons. The first-order chi connectivity index (χ1) is 11.6. The largest absolute Gasteiger partial charge is 0.295 e. The molecule has 3 rings (SSSR count). The van der Waals surface area contributed by atoms with Gasteiger partial charge >= 0.3 is 0 Å². The van der Waals surface area contributed by atoms with Crippen molar-refractivity contribution in [2.45, 2.75) is 6.54 Å². The molecule has 0 bridgehead atoms. The molecule has 1 fully saturated rings. The number of piperazine rings is 1. The molecule has 0 aliphatic carbocycles. The van der Waals surface area contributed by atoms with Crippen LogP contribution in [0.25, 0.3) is 0 Å². The monoisotopic (exact) mass is 381 g/mol. The molecule has 1 saturated heterocycles. The molecule has 0 atom stereocenters. The quantitative estimate of drug-likeness (QED) is 0.707. The van der Waals surface area contributed by atoms with Crippen molar-refractivity contribution in [3.8, 4) is 0 Å². The predicted octanol–water partition coefficient (Wildman–Crippen LogP) is 4.80. The average Bonchev–Trinajstić information content (AvgIpc) is 2.58. The molecule has 0 aromatic heterocycles. The molecule has 1 aliphatic rings. The van der Waals surface area contributed by atoms with E-state index in [4.69, 9.17) is 34.8 Å². The SMILES string of the molecule is Clc1ccc(CN2CCN(/N=C/c3c(Cl)cccc3Cl)CC2)cc1. The molecule has 24 heavy (non-hydrogen) atoms. The number of halogens is 3. The Bertz CT molecular complexity index is 688. The van der Waals surface area contributed by atoms with E-state index in [1.54, 1.807) is 6.21 Å². The van der Waals surface area contributed by atoms with Gasteiger partial charge in [-0.3, -0.25) is 9.91 Å². The van der Waals surface area contributed by atoms with Crippen LogP contribution in [0.3, 0.4) is 0 Å². The lowest BCUT2D eigenvalue weighted by Crippen LogP contribution is -2.43. The van der Waals surface area contributed by atoms with Crippen molar-refractivity contribution in [2.75, 3.05) is 26.2 Å². The Morgan fingerprint density at radius 2 is 1.50 bits per heavy atom. The summed E-state index contributed by atoms with van der Waals surface area (Å²) in [6.45, 7) is 4.63. The molecule has 0 unspecified atom stereocenters. The second kappa shape index (κ2) is 8.21. The van der Waals surface area contributed by atoms with Gasteiger partial charge in [0.1, 0.15) is 0 Å². The van der Waals surface area contributed by atoms with Crippen LogP contribution in [0.15, 0.2) is 47.6 Å². The summed E-state index contributed by atoms with van der Waals surface area (Å²) in [5, 5.41) is 8.59. The van der Waals surface area contributed by atoms with Gasteiger partial charge in [-0.2, -0.15) is 5.10 Å². The van der Waals surface area contributed by atoms with Crippen molar-refractivity contribution in [3.05, 3.63) is 68.7 Å². The maximum atomic E-state index is 6.16. The van der Waals surface area contributed by atoms with E-state index in [-0.39, 0.29) is 0 Å². The smallest absolute Gasteiger partial charge is 0.0572 e. The van der Waals surface area contributed by atoms with Gasteiger partial charge in [0.25, 0.3) is 0 Å². The first kappa shape index (κ1) is 17.6. The van der Waals surface area contributed by atoms with Gasteiger partial charge in [-0.1, -0.05) is 53.0 Å². The lowest BCUT2D eigenvalue weighted by molar-refractivity contribution is 0.131. The minimum Gasteiger partial charge on any atom is -0.295 e. The summed E-state index contributed by atoms with van der Waals surface area (Å²) in [7, 11) is 0. The molecule has 6 heteroatoms. The van der Waals surface area contributed by atoms with E-state index in [2.05, 4.69) is 27.1 Å². The highest BCUT2D eigenvalue weighted by molar-refractivity contribution is 6.38. The Labute approximate surface area is 157 Å². The van der Waals surface area contributed by atoms with Crippen molar-refractivity contribution in [1.29, 1.82) is 0 Å². The Morgan fingerprint density at radius 1 is 0.875 bits per heavy atom. The van der Waals surface area contributed by atoms with Gasteiger partial charge in [-0.15, -0.1) is 0 Å². The van der Waals surface area contributed by atoms with E-state index in [0.717, 1.165) is 43.3 Å². The molecule has 2 aromatic rings. The summed E-state index contributed by atoms with van der Waals surface area (Å²) in [5.74, 6) is 0. The van der Waals surface area contributed by atoms with Crippen molar-refractivity contribution >= 4 is 41.0 Å². The van der Waals surface area contributed by atoms with Crippen LogP contribution in [0.4, 0.5) is 0 Å². The molecule has 0 spiro atoms. The zero-order chi connectivity index (χ0) is 16.9. The fraction of sp³-hybridized carbons (Fsp3) is 0.278. The van der Waals surface area contributed by atoms with Crippen molar-refractivity contribution in [3.63, 3.8) is 0 Å². The number of rotatable bonds is 4. The van der Waals surface area contributed by atoms with Crippen LogP contribution in [0.1, 0.15) is 11.1 Å². The summed E-state index contributed by atoms with van der Waals surface area (Å²) in [4.78, 5) is 2.41. The Morgan fingerprint density at radius 3 is 2.12 bits per heavy atom. The normalized spacial score (nSPS) is 16.0. The Balaban J connectivity index is 1.53. The third-order valence-electron chi connectivity index (χ3n) is 4.02. The minimum atomic E-state index is 0.618. The first-order valence-corrected chi connectivity index (χ1v) is 8.95. The third-order valence-corrected chi connectivity index (χ3v) is 4.93. The highest BCUT2D eigenvalue weighted by Gasteiger charge is 2.15. The van der Waals surface area contributed by atoms with E-state index < -0.39 is 0 Å². The van der Waals surface area contributed by atoms with Crippen molar-refractivity contribution in [1.82, 2.24) is 9.91 Å². The molecule has 1 aliphatic heterocycles. The standard InChI is InChI=1S/C18H18Cl3N3/c19-15-6-4-14(5-7-15)13-23-8-10-24(11-9-23)22-12-16-17(20)2-1-3-18(16)21/h1-7,12H,8-11,13H2/b22-12+. The summed E-state index contributed by atoms with van der Waals surface area (Å²) in [6.07, 6.45) is 1.75. The highest BCUT2D eigenvalue weighted by atomic mass is 35.5. The zero-order valence-corrected chi connectivity index (χ0v) is 15.4. The van der Waals surface area contributed by atoms with Crippen LogP contribution in [-0.4, -0.2) is 42.3 Å². The van der Waals surface area contributed by atoms with Gasteiger partial charge in [0.15, 0.2) is 0 Å².